The smallest absolute Gasteiger partial charge is 0.118 e. The Labute approximate surface area is 330 Å². The van der Waals surface area contributed by atoms with Crippen molar-refractivity contribution in [3.63, 3.8) is 0 Å². The van der Waals surface area contributed by atoms with Gasteiger partial charge in [0.05, 0.1) is 27.5 Å². The van der Waals surface area contributed by atoms with Gasteiger partial charge in [0.1, 0.15) is 5.82 Å². The number of fused-ring (bicyclic) bond motifs is 14. The third-order valence-electron chi connectivity index (χ3n) is 12.8. The molecular formula is C52H37N5. The molecule has 0 saturated carbocycles. The average Bonchev–Trinajstić information content (AvgIpc) is 3.95. The number of anilines is 1. The number of para-hydroxylation sites is 1. The summed E-state index contributed by atoms with van der Waals surface area (Å²) in [6.07, 6.45) is 17.9. The summed E-state index contributed by atoms with van der Waals surface area (Å²) >= 11 is 0. The fraction of sp³-hybridized carbons (Fsp3) is 0.0769. The van der Waals surface area contributed by atoms with Crippen LogP contribution in [0.25, 0.3) is 78.1 Å². The molecule has 5 heteroatoms. The summed E-state index contributed by atoms with van der Waals surface area (Å²) in [4.78, 5) is 9.34. The summed E-state index contributed by atoms with van der Waals surface area (Å²) in [5.41, 5.74) is 25.6. The summed E-state index contributed by atoms with van der Waals surface area (Å²) in [5, 5.41) is 2.50. The van der Waals surface area contributed by atoms with Crippen molar-refractivity contribution >= 4 is 50.3 Å². The first-order valence-electron chi connectivity index (χ1n) is 19.7. The van der Waals surface area contributed by atoms with E-state index in [9.17, 15) is 0 Å². The Balaban J connectivity index is 1.000. The molecule has 0 saturated heterocycles. The minimum absolute atomic E-state index is 0.297. The maximum atomic E-state index is 6.72. The summed E-state index contributed by atoms with van der Waals surface area (Å²) < 4.78 is 4.55. The Morgan fingerprint density at radius 3 is 2.23 bits per heavy atom. The number of aromatic nitrogens is 4. The molecule has 0 radical (unpaired) electrons. The van der Waals surface area contributed by atoms with E-state index >= 15 is 0 Å². The van der Waals surface area contributed by atoms with Crippen LogP contribution in [0.15, 0.2) is 170 Å². The minimum atomic E-state index is -0.297. The number of pyridine rings is 2. The molecule has 2 N–H and O–H groups in total. The molecule has 9 aromatic rings. The zero-order valence-corrected chi connectivity index (χ0v) is 31.4. The summed E-state index contributed by atoms with van der Waals surface area (Å²) in [6, 6.07) is 46.9. The predicted octanol–water partition coefficient (Wildman–Crippen LogP) is 12.1. The molecular weight excluding hydrogens is 695 g/mol. The zero-order chi connectivity index (χ0) is 37.8. The number of hydrogen-bond donors (Lipinski definition) is 1. The molecule has 3 aliphatic carbocycles. The summed E-state index contributed by atoms with van der Waals surface area (Å²) in [6.45, 7) is 2.00. The van der Waals surface area contributed by atoms with E-state index in [-0.39, 0.29) is 5.41 Å². The normalized spacial score (nSPS) is 17.8. The van der Waals surface area contributed by atoms with E-state index in [4.69, 9.17) is 10.7 Å². The van der Waals surface area contributed by atoms with E-state index in [2.05, 4.69) is 160 Å². The second kappa shape index (κ2) is 11.9. The fourth-order valence-corrected chi connectivity index (χ4v) is 10.6. The molecule has 2 atom stereocenters. The number of nitrogens with two attached hydrogens (primary N) is 1. The van der Waals surface area contributed by atoms with E-state index < -0.39 is 0 Å². The first-order valence-corrected chi connectivity index (χ1v) is 19.7. The predicted molar refractivity (Wildman–Crippen MR) is 235 cm³/mol. The highest BCUT2D eigenvalue weighted by atomic mass is 15.1. The van der Waals surface area contributed by atoms with Crippen molar-refractivity contribution in [1.29, 1.82) is 0 Å². The van der Waals surface area contributed by atoms with Crippen LogP contribution in [0.2, 0.25) is 0 Å². The van der Waals surface area contributed by atoms with Crippen molar-refractivity contribution in [2.24, 2.45) is 5.92 Å². The highest BCUT2D eigenvalue weighted by Crippen LogP contribution is 2.65. The number of allylic oxidation sites excluding steroid dienone is 5. The van der Waals surface area contributed by atoms with E-state index in [0.717, 1.165) is 45.5 Å². The summed E-state index contributed by atoms with van der Waals surface area (Å²) in [7, 11) is 0. The van der Waals surface area contributed by atoms with Crippen LogP contribution in [-0.2, 0) is 5.41 Å². The van der Waals surface area contributed by atoms with Crippen LogP contribution in [-0.4, -0.2) is 19.1 Å². The minimum Gasteiger partial charge on any atom is -0.384 e. The lowest BCUT2D eigenvalue weighted by atomic mass is 9.65. The van der Waals surface area contributed by atoms with E-state index in [1.54, 1.807) is 0 Å². The SMILES string of the molecule is C/C=C\c1c(N)n(-c2ccc(-c3ccc(-n4c5ccccc5c5cc6c(cc54)C4(c5ccccc5C5=CC=CCC54)c4ccncc4-6)cc3)cc2)c2cccnc12. The third-order valence-corrected chi connectivity index (χ3v) is 12.8. The van der Waals surface area contributed by atoms with Crippen molar-refractivity contribution in [3.8, 4) is 33.6 Å². The zero-order valence-electron chi connectivity index (χ0n) is 31.4. The van der Waals surface area contributed by atoms with Gasteiger partial charge in [0.25, 0.3) is 0 Å². The largest absolute Gasteiger partial charge is 0.384 e. The molecule has 5 nitrogen and oxygen atoms in total. The molecule has 2 unspecified atom stereocenters. The first-order chi connectivity index (χ1) is 28.2. The standard InChI is InChI=1S/C52H37N5/c1-2-10-39-50-48(17-9-27-55-50)57(51(39)53)35-24-20-33(21-25-35)32-18-22-34(23-19-32)56-47-16-8-5-13-38(47)41-29-40-42-31-54-28-26-45(42)52(46(40)30-49(41)56)43-14-6-3-11-36(43)37-12-4-7-15-44(37)52/h2-14,16-31,44H,15,53H2,1H3/b10-2-. The molecule has 0 fully saturated rings. The molecule has 4 aromatic heterocycles. The molecule has 0 bridgehead atoms. The van der Waals surface area contributed by atoms with Crippen LogP contribution in [0.5, 0.6) is 0 Å². The van der Waals surface area contributed by atoms with Crippen molar-refractivity contribution in [3.05, 3.63) is 198 Å². The van der Waals surface area contributed by atoms with Crippen LogP contribution in [0.3, 0.4) is 0 Å². The average molecular weight is 732 g/mol. The van der Waals surface area contributed by atoms with Gasteiger partial charge in [0.15, 0.2) is 0 Å². The molecule has 1 spiro atoms. The highest BCUT2D eigenvalue weighted by Gasteiger charge is 2.56. The summed E-state index contributed by atoms with van der Waals surface area (Å²) in [5.74, 6) is 0.995. The molecule has 4 heterocycles. The molecule has 0 amide bonds. The Morgan fingerprint density at radius 2 is 1.40 bits per heavy atom. The van der Waals surface area contributed by atoms with E-state index in [0.29, 0.717) is 11.7 Å². The van der Waals surface area contributed by atoms with Crippen LogP contribution in [0.4, 0.5) is 5.82 Å². The fourth-order valence-electron chi connectivity index (χ4n) is 10.6. The molecule has 12 rings (SSSR count). The number of nitrogen functional groups attached to an aromatic ring is 1. The van der Waals surface area contributed by atoms with Gasteiger partial charge in [-0.3, -0.25) is 14.5 Å². The molecule has 57 heavy (non-hydrogen) atoms. The van der Waals surface area contributed by atoms with Gasteiger partial charge in [-0.15, -0.1) is 0 Å². The number of benzene rings is 5. The van der Waals surface area contributed by atoms with E-state index in [1.807, 2.05) is 37.5 Å². The third kappa shape index (κ3) is 4.23. The van der Waals surface area contributed by atoms with Gasteiger partial charge < -0.3 is 10.3 Å². The van der Waals surface area contributed by atoms with Gasteiger partial charge >= 0.3 is 0 Å². The van der Waals surface area contributed by atoms with Crippen LogP contribution < -0.4 is 5.73 Å². The Morgan fingerprint density at radius 1 is 0.667 bits per heavy atom. The van der Waals surface area contributed by atoms with Crippen molar-refractivity contribution in [1.82, 2.24) is 19.1 Å². The lowest BCUT2D eigenvalue weighted by molar-refractivity contribution is 0.494. The maximum absolute atomic E-state index is 6.72. The quantitative estimate of drug-likeness (QED) is 0.196. The van der Waals surface area contributed by atoms with Crippen LogP contribution in [0, 0.1) is 5.92 Å². The van der Waals surface area contributed by atoms with Crippen LogP contribution >= 0.6 is 0 Å². The number of nitrogens with zero attached hydrogens (tertiary/aromatic N) is 4. The second-order valence-electron chi connectivity index (χ2n) is 15.5. The highest BCUT2D eigenvalue weighted by molar-refractivity contribution is 6.12. The molecule has 3 aliphatic rings. The van der Waals surface area contributed by atoms with Gasteiger partial charge in [-0.1, -0.05) is 97.1 Å². The van der Waals surface area contributed by atoms with Crippen molar-refractivity contribution < 1.29 is 0 Å². The topological polar surface area (TPSA) is 61.7 Å². The Bertz CT molecular complexity index is 3230. The lowest BCUT2D eigenvalue weighted by Gasteiger charge is -2.36. The number of hydrogen-bond acceptors (Lipinski definition) is 3. The Kier molecular flexibility index (Phi) is 6.68. The van der Waals surface area contributed by atoms with Crippen molar-refractivity contribution in [2.45, 2.75) is 18.8 Å². The van der Waals surface area contributed by atoms with Gasteiger partial charge in [0.2, 0.25) is 0 Å². The van der Waals surface area contributed by atoms with Gasteiger partial charge in [-0.25, -0.2) is 0 Å². The molecule has 5 aromatic carbocycles. The first kappa shape index (κ1) is 32.0. The van der Waals surface area contributed by atoms with Gasteiger partial charge in [-0.2, -0.15) is 0 Å². The van der Waals surface area contributed by atoms with Gasteiger partial charge in [-0.05, 0) is 119 Å². The maximum Gasteiger partial charge on any atom is 0.118 e. The van der Waals surface area contributed by atoms with Gasteiger partial charge in [0, 0.05) is 57.8 Å². The second-order valence-corrected chi connectivity index (χ2v) is 15.5. The molecule has 0 aliphatic heterocycles. The Hall–Kier alpha value is -7.24. The number of rotatable bonds is 4. The molecule has 270 valence electrons. The van der Waals surface area contributed by atoms with Crippen molar-refractivity contribution in [2.75, 3.05) is 5.73 Å². The monoisotopic (exact) mass is 731 g/mol. The van der Waals surface area contributed by atoms with Crippen LogP contribution in [0.1, 0.15) is 41.2 Å². The lowest BCUT2D eigenvalue weighted by Crippen LogP contribution is -2.32. The van der Waals surface area contributed by atoms with E-state index in [1.165, 1.54) is 60.8 Å².